The Bertz CT molecular complexity index is 1320. The van der Waals surface area contributed by atoms with E-state index in [9.17, 15) is 19.1 Å². The molecule has 4 rings (SSSR count). The summed E-state index contributed by atoms with van der Waals surface area (Å²) in [4.78, 5) is 29.4. The van der Waals surface area contributed by atoms with Crippen LogP contribution in [0.3, 0.4) is 0 Å². The van der Waals surface area contributed by atoms with Crippen LogP contribution in [0.4, 0.5) is 4.39 Å². The lowest BCUT2D eigenvalue weighted by Gasteiger charge is -2.26. The minimum Gasteiger partial charge on any atom is -0.507 e. The Hall–Kier alpha value is -4.17. The van der Waals surface area contributed by atoms with Crippen LogP contribution in [0.15, 0.2) is 78.4 Å². The van der Waals surface area contributed by atoms with E-state index in [0.717, 1.165) is 11.3 Å². The quantitative estimate of drug-likeness (QED) is 0.183. The van der Waals surface area contributed by atoms with Gasteiger partial charge >= 0.3 is 0 Å². The van der Waals surface area contributed by atoms with Gasteiger partial charge < -0.3 is 24.4 Å². The van der Waals surface area contributed by atoms with Crippen LogP contribution in [0.25, 0.3) is 5.76 Å². The number of Topliss-reactive ketones (excluding diaryl/α,β-unsaturated/α-hetero) is 1. The molecule has 1 aliphatic heterocycles. The predicted molar refractivity (Wildman–Crippen MR) is 143 cm³/mol. The molecule has 0 aliphatic carbocycles. The van der Waals surface area contributed by atoms with Gasteiger partial charge in [-0.2, -0.15) is 0 Å². The molecule has 1 heterocycles. The Balaban J connectivity index is 1.55. The monoisotopic (exact) mass is 518 g/mol. The first-order valence-electron chi connectivity index (χ1n) is 12.4. The first-order chi connectivity index (χ1) is 18.3. The number of carbonyl (C=O) groups is 2. The minimum absolute atomic E-state index is 0.0272. The van der Waals surface area contributed by atoms with E-state index in [1.54, 1.807) is 24.3 Å². The van der Waals surface area contributed by atoms with E-state index < -0.39 is 23.5 Å². The van der Waals surface area contributed by atoms with E-state index >= 15 is 0 Å². The normalized spacial score (nSPS) is 16.8. The molecule has 1 fully saturated rings. The van der Waals surface area contributed by atoms with Crippen molar-refractivity contribution in [2.24, 2.45) is 0 Å². The molecule has 1 atom stereocenters. The standard InChI is InChI=1S/C30H31FN2O5/c1-20-6-4-5-7-25(20)38-19-18-37-24-14-10-21(11-15-24)27-26(28(34)22-8-12-23(31)13-9-22)29(35)30(36)33(27)17-16-32(2)3/h4-15,27,34H,16-19H2,1-3H3/t27-/m0/s1. The number of aliphatic hydroxyl groups is 1. The van der Waals surface area contributed by atoms with Crippen molar-refractivity contribution in [1.29, 1.82) is 0 Å². The van der Waals surface area contributed by atoms with Crippen LogP contribution >= 0.6 is 0 Å². The lowest BCUT2D eigenvalue weighted by molar-refractivity contribution is -0.140. The Kier molecular flexibility index (Phi) is 8.43. The number of hydrogen-bond donors (Lipinski definition) is 1. The number of halogens is 1. The summed E-state index contributed by atoms with van der Waals surface area (Å²) in [5.74, 6) is -0.858. The largest absolute Gasteiger partial charge is 0.507 e. The van der Waals surface area contributed by atoms with Gasteiger partial charge in [0.25, 0.3) is 11.7 Å². The molecule has 0 radical (unpaired) electrons. The Labute approximate surface area is 221 Å². The van der Waals surface area contributed by atoms with Gasteiger partial charge in [0.2, 0.25) is 0 Å². The highest BCUT2D eigenvalue weighted by molar-refractivity contribution is 6.46. The zero-order valence-corrected chi connectivity index (χ0v) is 21.7. The van der Waals surface area contributed by atoms with E-state index in [0.29, 0.717) is 31.1 Å². The fourth-order valence-corrected chi connectivity index (χ4v) is 4.30. The average Bonchev–Trinajstić information content (AvgIpc) is 3.16. The first kappa shape index (κ1) is 26.9. The second-order valence-corrected chi connectivity index (χ2v) is 9.33. The summed E-state index contributed by atoms with van der Waals surface area (Å²) in [6, 6.07) is 19.2. The number of rotatable bonds is 10. The molecule has 1 aliphatic rings. The van der Waals surface area contributed by atoms with Gasteiger partial charge in [0.15, 0.2) is 0 Å². The summed E-state index contributed by atoms with van der Waals surface area (Å²) in [6.07, 6.45) is 0. The molecule has 0 aromatic heterocycles. The number of likely N-dealkylation sites (tertiary alicyclic amines) is 1. The van der Waals surface area contributed by atoms with Crippen LogP contribution in [0.5, 0.6) is 11.5 Å². The molecule has 1 amide bonds. The summed E-state index contributed by atoms with van der Waals surface area (Å²) in [5, 5.41) is 11.0. The number of aryl methyl sites for hydroxylation is 1. The Morgan fingerprint density at radius 2 is 1.61 bits per heavy atom. The van der Waals surface area contributed by atoms with Crippen molar-refractivity contribution in [1.82, 2.24) is 9.80 Å². The molecule has 3 aromatic rings. The van der Waals surface area contributed by atoms with Crippen LogP contribution in [0, 0.1) is 12.7 Å². The second-order valence-electron chi connectivity index (χ2n) is 9.33. The first-order valence-corrected chi connectivity index (χ1v) is 12.4. The molecule has 38 heavy (non-hydrogen) atoms. The van der Waals surface area contributed by atoms with Gasteiger partial charge in [-0.25, -0.2) is 4.39 Å². The number of ether oxygens (including phenoxy) is 2. The lowest BCUT2D eigenvalue weighted by atomic mass is 9.95. The molecular formula is C30H31FN2O5. The van der Waals surface area contributed by atoms with Crippen molar-refractivity contribution in [3.63, 3.8) is 0 Å². The molecule has 0 spiro atoms. The van der Waals surface area contributed by atoms with Crippen molar-refractivity contribution in [3.8, 4) is 11.5 Å². The van der Waals surface area contributed by atoms with Gasteiger partial charge in [-0.3, -0.25) is 9.59 Å². The highest BCUT2D eigenvalue weighted by Gasteiger charge is 2.45. The number of benzene rings is 3. The lowest BCUT2D eigenvalue weighted by Crippen LogP contribution is -2.35. The van der Waals surface area contributed by atoms with Crippen molar-refractivity contribution in [3.05, 3.63) is 101 Å². The molecule has 1 saturated heterocycles. The van der Waals surface area contributed by atoms with Crippen LogP contribution in [-0.4, -0.2) is 67.0 Å². The maximum Gasteiger partial charge on any atom is 0.295 e. The minimum atomic E-state index is -0.793. The SMILES string of the molecule is Cc1ccccc1OCCOc1ccc([C@H]2C(=C(O)c3ccc(F)cc3)C(=O)C(=O)N2CCN(C)C)cc1. The number of amides is 1. The number of nitrogens with zero attached hydrogens (tertiary/aromatic N) is 2. The van der Waals surface area contributed by atoms with E-state index in [-0.39, 0.29) is 23.4 Å². The average molecular weight is 519 g/mol. The second kappa shape index (κ2) is 11.9. The highest BCUT2D eigenvalue weighted by atomic mass is 19.1. The molecule has 0 saturated carbocycles. The number of ketones is 1. The molecule has 1 N–H and O–H groups in total. The molecule has 0 bridgehead atoms. The van der Waals surface area contributed by atoms with Crippen molar-refractivity contribution in [2.75, 3.05) is 40.4 Å². The maximum absolute atomic E-state index is 13.4. The maximum atomic E-state index is 13.4. The smallest absolute Gasteiger partial charge is 0.295 e. The summed E-state index contributed by atoms with van der Waals surface area (Å²) >= 11 is 0. The number of carbonyl (C=O) groups excluding carboxylic acids is 2. The van der Waals surface area contributed by atoms with Crippen LogP contribution in [-0.2, 0) is 9.59 Å². The third-order valence-corrected chi connectivity index (χ3v) is 6.34. The Morgan fingerprint density at radius 3 is 2.26 bits per heavy atom. The zero-order chi connectivity index (χ0) is 27.2. The Morgan fingerprint density at radius 1 is 0.947 bits per heavy atom. The molecule has 3 aromatic carbocycles. The predicted octanol–water partition coefficient (Wildman–Crippen LogP) is 4.58. The van der Waals surface area contributed by atoms with E-state index in [4.69, 9.17) is 9.47 Å². The fourth-order valence-electron chi connectivity index (χ4n) is 4.30. The molecule has 8 heteroatoms. The van der Waals surface area contributed by atoms with Gasteiger partial charge in [-0.05, 0) is 74.6 Å². The third-order valence-electron chi connectivity index (χ3n) is 6.34. The highest BCUT2D eigenvalue weighted by Crippen LogP contribution is 2.39. The summed E-state index contributed by atoms with van der Waals surface area (Å²) in [6.45, 7) is 3.50. The van der Waals surface area contributed by atoms with Gasteiger partial charge in [0.1, 0.15) is 36.3 Å². The van der Waals surface area contributed by atoms with Crippen molar-refractivity contribution >= 4 is 17.4 Å². The van der Waals surface area contributed by atoms with Crippen LogP contribution in [0.2, 0.25) is 0 Å². The number of para-hydroxylation sites is 1. The number of likely N-dealkylation sites (N-methyl/N-ethyl adjacent to an activating group) is 1. The molecule has 7 nitrogen and oxygen atoms in total. The summed E-state index contributed by atoms with van der Waals surface area (Å²) in [7, 11) is 3.75. The van der Waals surface area contributed by atoms with Gasteiger partial charge in [0.05, 0.1) is 11.6 Å². The van der Waals surface area contributed by atoms with E-state index in [1.807, 2.05) is 50.2 Å². The van der Waals surface area contributed by atoms with Crippen LogP contribution < -0.4 is 9.47 Å². The topological polar surface area (TPSA) is 79.3 Å². The van der Waals surface area contributed by atoms with Crippen molar-refractivity contribution < 1.29 is 28.6 Å². The fraction of sp³-hybridized carbons (Fsp3) is 0.267. The molecular weight excluding hydrogens is 487 g/mol. The molecule has 198 valence electrons. The van der Waals surface area contributed by atoms with Gasteiger partial charge in [-0.15, -0.1) is 0 Å². The summed E-state index contributed by atoms with van der Waals surface area (Å²) in [5.41, 5.74) is 1.93. The molecule has 0 unspecified atom stereocenters. The summed E-state index contributed by atoms with van der Waals surface area (Å²) < 4.78 is 25.0. The van der Waals surface area contributed by atoms with E-state index in [2.05, 4.69) is 0 Å². The third kappa shape index (κ3) is 6.03. The van der Waals surface area contributed by atoms with E-state index in [1.165, 1.54) is 29.2 Å². The van der Waals surface area contributed by atoms with Crippen LogP contribution in [0.1, 0.15) is 22.7 Å². The number of aliphatic hydroxyl groups excluding tert-OH is 1. The number of hydrogen-bond acceptors (Lipinski definition) is 6. The zero-order valence-electron chi connectivity index (χ0n) is 21.7. The van der Waals surface area contributed by atoms with Gasteiger partial charge in [0, 0.05) is 18.7 Å². The van der Waals surface area contributed by atoms with Crippen molar-refractivity contribution in [2.45, 2.75) is 13.0 Å². The van der Waals surface area contributed by atoms with Gasteiger partial charge in [-0.1, -0.05) is 30.3 Å².